The van der Waals surface area contributed by atoms with Gasteiger partial charge >= 0.3 is 0 Å². The standard InChI is InChI=1S/C22H18FN3O/c1-15-5-8-17(20-14-26-11-3-2-4-21(26)24-20)13-19(15)25-22(27)12-16-6-9-18(23)10-7-16/h2-11,13-14H,12H2,1H3,(H,25,27). The van der Waals surface area contributed by atoms with E-state index < -0.39 is 0 Å². The van der Waals surface area contributed by atoms with Crippen LogP contribution in [0.1, 0.15) is 11.1 Å². The van der Waals surface area contributed by atoms with Crippen molar-refractivity contribution < 1.29 is 9.18 Å². The van der Waals surface area contributed by atoms with Crippen LogP contribution in [0.25, 0.3) is 16.9 Å². The number of pyridine rings is 1. The molecule has 5 heteroatoms. The van der Waals surface area contributed by atoms with E-state index >= 15 is 0 Å². The third-order valence-electron chi connectivity index (χ3n) is 4.45. The van der Waals surface area contributed by atoms with Crippen LogP contribution in [-0.4, -0.2) is 15.3 Å². The highest BCUT2D eigenvalue weighted by molar-refractivity contribution is 5.93. The van der Waals surface area contributed by atoms with E-state index in [-0.39, 0.29) is 18.1 Å². The molecule has 0 saturated heterocycles. The lowest BCUT2D eigenvalue weighted by molar-refractivity contribution is -0.115. The van der Waals surface area contributed by atoms with Crippen molar-refractivity contribution in [2.45, 2.75) is 13.3 Å². The van der Waals surface area contributed by atoms with Crippen LogP contribution in [0.3, 0.4) is 0 Å². The third-order valence-corrected chi connectivity index (χ3v) is 4.45. The van der Waals surface area contributed by atoms with Crippen LogP contribution in [0.4, 0.5) is 10.1 Å². The molecule has 0 saturated carbocycles. The van der Waals surface area contributed by atoms with Gasteiger partial charge in [-0.1, -0.05) is 30.3 Å². The highest BCUT2D eigenvalue weighted by atomic mass is 19.1. The molecule has 0 aliphatic heterocycles. The average molecular weight is 359 g/mol. The summed E-state index contributed by atoms with van der Waals surface area (Å²) >= 11 is 0. The summed E-state index contributed by atoms with van der Waals surface area (Å²) in [5, 5.41) is 2.95. The molecule has 0 atom stereocenters. The van der Waals surface area contributed by atoms with Crippen LogP contribution in [0.15, 0.2) is 73.1 Å². The van der Waals surface area contributed by atoms with E-state index in [2.05, 4.69) is 10.3 Å². The van der Waals surface area contributed by atoms with Crippen molar-refractivity contribution >= 4 is 17.2 Å². The van der Waals surface area contributed by atoms with Crippen LogP contribution >= 0.6 is 0 Å². The Hall–Kier alpha value is -3.47. The molecule has 0 spiro atoms. The fraction of sp³-hybridized carbons (Fsp3) is 0.0909. The number of carbonyl (C=O) groups excluding carboxylic acids is 1. The second-order valence-electron chi connectivity index (χ2n) is 6.47. The van der Waals surface area contributed by atoms with Crippen molar-refractivity contribution in [2.24, 2.45) is 0 Å². The molecule has 0 aliphatic carbocycles. The first-order valence-corrected chi connectivity index (χ1v) is 8.67. The fourth-order valence-electron chi connectivity index (χ4n) is 2.97. The Morgan fingerprint density at radius 2 is 1.93 bits per heavy atom. The van der Waals surface area contributed by atoms with Gasteiger partial charge in [-0.05, 0) is 48.4 Å². The summed E-state index contributed by atoms with van der Waals surface area (Å²) in [5.74, 6) is -0.452. The number of halogens is 1. The summed E-state index contributed by atoms with van der Waals surface area (Å²) in [6.07, 6.45) is 4.10. The highest BCUT2D eigenvalue weighted by Crippen LogP contribution is 2.25. The smallest absolute Gasteiger partial charge is 0.228 e. The summed E-state index contributed by atoms with van der Waals surface area (Å²) in [4.78, 5) is 17.0. The molecule has 0 unspecified atom stereocenters. The Kier molecular flexibility index (Phi) is 4.42. The van der Waals surface area contributed by atoms with Crippen molar-refractivity contribution in [3.05, 3.63) is 90.0 Å². The van der Waals surface area contributed by atoms with Gasteiger partial charge in [0.1, 0.15) is 11.5 Å². The molecule has 0 aliphatic rings. The quantitative estimate of drug-likeness (QED) is 0.577. The zero-order chi connectivity index (χ0) is 18.8. The van der Waals surface area contributed by atoms with Gasteiger partial charge in [-0.2, -0.15) is 0 Å². The first kappa shape index (κ1) is 17.0. The van der Waals surface area contributed by atoms with E-state index in [1.807, 2.05) is 60.1 Å². The second kappa shape index (κ2) is 7.03. The number of benzene rings is 2. The number of nitrogens with one attached hydrogen (secondary N) is 1. The van der Waals surface area contributed by atoms with Crippen molar-refractivity contribution in [3.63, 3.8) is 0 Å². The number of aromatic nitrogens is 2. The molecule has 0 radical (unpaired) electrons. The van der Waals surface area contributed by atoms with Gasteiger partial charge in [0.25, 0.3) is 0 Å². The Morgan fingerprint density at radius 3 is 2.70 bits per heavy atom. The number of nitrogens with zero attached hydrogens (tertiary/aromatic N) is 2. The van der Waals surface area contributed by atoms with Gasteiger partial charge in [0, 0.05) is 23.6 Å². The number of anilines is 1. The molecule has 2 heterocycles. The maximum atomic E-state index is 13.0. The number of imidazole rings is 1. The lowest BCUT2D eigenvalue weighted by Gasteiger charge is -2.10. The molecule has 134 valence electrons. The number of carbonyl (C=O) groups is 1. The van der Waals surface area contributed by atoms with Crippen molar-refractivity contribution in [2.75, 3.05) is 5.32 Å². The summed E-state index contributed by atoms with van der Waals surface area (Å²) < 4.78 is 15.0. The normalized spacial score (nSPS) is 10.9. The fourth-order valence-corrected chi connectivity index (χ4v) is 2.97. The number of fused-ring (bicyclic) bond motifs is 1. The summed E-state index contributed by atoms with van der Waals surface area (Å²) in [6, 6.07) is 17.7. The van der Waals surface area contributed by atoms with E-state index in [1.54, 1.807) is 12.1 Å². The predicted molar refractivity (Wildman–Crippen MR) is 104 cm³/mol. The van der Waals surface area contributed by atoms with E-state index in [9.17, 15) is 9.18 Å². The van der Waals surface area contributed by atoms with Crippen molar-refractivity contribution in [1.82, 2.24) is 9.38 Å². The number of hydrogen-bond donors (Lipinski definition) is 1. The maximum absolute atomic E-state index is 13.0. The van der Waals surface area contributed by atoms with Gasteiger partial charge in [0.15, 0.2) is 0 Å². The number of aryl methyl sites for hydroxylation is 1. The average Bonchev–Trinajstić information content (AvgIpc) is 3.09. The molecule has 2 aromatic carbocycles. The number of hydrogen-bond acceptors (Lipinski definition) is 2. The van der Waals surface area contributed by atoms with E-state index in [0.29, 0.717) is 0 Å². The largest absolute Gasteiger partial charge is 0.326 e. The van der Waals surface area contributed by atoms with Gasteiger partial charge < -0.3 is 9.72 Å². The van der Waals surface area contributed by atoms with Crippen molar-refractivity contribution in [3.8, 4) is 11.3 Å². The van der Waals surface area contributed by atoms with Crippen molar-refractivity contribution in [1.29, 1.82) is 0 Å². The molecule has 4 rings (SSSR count). The Balaban J connectivity index is 1.56. The lowest BCUT2D eigenvalue weighted by atomic mass is 10.1. The van der Waals surface area contributed by atoms with E-state index in [1.165, 1.54) is 12.1 Å². The minimum atomic E-state index is -0.310. The first-order valence-electron chi connectivity index (χ1n) is 8.67. The van der Waals surface area contributed by atoms with Gasteiger partial charge in [0.2, 0.25) is 5.91 Å². The molecule has 4 nitrogen and oxygen atoms in total. The van der Waals surface area contributed by atoms with Gasteiger partial charge in [-0.15, -0.1) is 0 Å². The Labute approximate surface area is 156 Å². The zero-order valence-electron chi connectivity index (χ0n) is 14.8. The molecule has 2 aromatic heterocycles. The summed E-state index contributed by atoms with van der Waals surface area (Å²) in [5.41, 5.74) is 5.13. The van der Waals surface area contributed by atoms with Crippen LogP contribution in [0, 0.1) is 12.7 Å². The minimum Gasteiger partial charge on any atom is -0.326 e. The Morgan fingerprint density at radius 1 is 1.11 bits per heavy atom. The minimum absolute atomic E-state index is 0.142. The molecule has 0 bridgehead atoms. The van der Waals surface area contributed by atoms with Crippen LogP contribution in [-0.2, 0) is 11.2 Å². The van der Waals surface area contributed by atoms with E-state index in [0.717, 1.165) is 33.7 Å². The third kappa shape index (κ3) is 3.72. The monoisotopic (exact) mass is 359 g/mol. The number of amides is 1. The van der Waals surface area contributed by atoms with Crippen LogP contribution in [0.2, 0.25) is 0 Å². The molecule has 1 N–H and O–H groups in total. The van der Waals surface area contributed by atoms with Gasteiger partial charge in [0.05, 0.1) is 12.1 Å². The topological polar surface area (TPSA) is 46.4 Å². The Bertz CT molecular complexity index is 1080. The molecular weight excluding hydrogens is 341 g/mol. The van der Waals surface area contributed by atoms with Gasteiger partial charge in [-0.25, -0.2) is 9.37 Å². The SMILES string of the molecule is Cc1ccc(-c2cn3ccccc3n2)cc1NC(=O)Cc1ccc(F)cc1. The summed E-state index contributed by atoms with van der Waals surface area (Å²) in [6.45, 7) is 1.95. The predicted octanol–water partition coefficient (Wildman–Crippen LogP) is 4.63. The van der Waals surface area contributed by atoms with Crippen LogP contribution < -0.4 is 5.32 Å². The molecule has 0 fully saturated rings. The molecular formula is C22H18FN3O. The first-order chi connectivity index (χ1) is 13.1. The molecule has 1 amide bonds. The summed E-state index contributed by atoms with van der Waals surface area (Å²) in [7, 11) is 0. The van der Waals surface area contributed by atoms with Gasteiger partial charge in [-0.3, -0.25) is 4.79 Å². The van der Waals surface area contributed by atoms with Crippen LogP contribution in [0.5, 0.6) is 0 Å². The lowest BCUT2D eigenvalue weighted by Crippen LogP contribution is -2.15. The molecule has 4 aromatic rings. The highest BCUT2D eigenvalue weighted by Gasteiger charge is 2.10. The zero-order valence-corrected chi connectivity index (χ0v) is 14.8. The molecule has 27 heavy (non-hydrogen) atoms. The number of rotatable bonds is 4. The second-order valence-corrected chi connectivity index (χ2v) is 6.47. The maximum Gasteiger partial charge on any atom is 0.228 e. The van der Waals surface area contributed by atoms with E-state index in [4.69, 9.17) is 0 Å².